The fourth-order valence-electron chi connectivity index (χ4n) is 4.64. The number of hydrogen-bond acceptors (Lipinski definition) is 4. The SMILES string of the molecule is CCCCCCCCCCCCCC/C=C/CCCCCC1=NC=C[N+]1(CC(=O)[O-])C(C)N. The van der Waals surface area contributed by atoms with E-state index in [0.717, 1.165) is 37.9 Å². The number of aliphatic imine (C=N–C) groups is 1. The molecular weight excluding hydrogens is 410 g/mol. The molecule has 0 radical (unpaired) electrons. The lowest BCUT2D eigenvalue weighted by molar-refractivity contribution is -0.808. The molecular formula is C28H51N3O2. The van der Waals surface area contributed by atoms with Gasteiger partial charge in [0.2, 0.25) is 5.84 Å². The van der Waals surface area contributed by atoms with Crippen LogP contribution in [0.2, 0.25) is 0 Å². The van der Waals surface area contributed by atoms with Crippen molar-refractivity contribution >= 4 is 11.8 Å². The number of unbranched alkanes of at least 4 members (excludes halogenated alkanes) is 15. The lowest BCUT2D eigenvalue weighted by Gasteiger charge is -2.36. The normalized spacial score (nSPS) is 18.8. The zero-order chi connectivity index (χ0) is 24.2. The lowest BCUT2D eigenvalue weighted by atomic mass is 10.0. The molecule has 0 aliphatic carbocycles. The summed E-state index contributed by atoms with van der Waals surface area (Å²) in [6, 6.07) is 0. The van der Waals surface area contributed by atoms with E-state index in [0.29, 0.717) is 0 Å². The van der Waals surface area contributed by atoms with E-state index in [1.54, 1.807) is 12.4 Å². The summed E-state index contributed by atoms with van der Waals surface area (Å²) < 4.78 is 0.0985. The Kier molecular flexibility index (Phi) is 16.9. The van der Waals surface area contributed by atoms with Crippen LogP contribution in [0.1, 0.15) is 129 Å². The van der Waals surface area contributed by atoms with Gasteiger partial charge in [-0.2, -0.15) is 0 Å². The lowest BCUT2D eigenvalue weighted by Crippen LogP contribution is -2.60. The summed E-state index contributed by atoms with van der Waals surface area (Å²) >= 11 is 0. The third-order valence-corrected chi connectivity index (χ3v) is 6.82. The molecule has 0 spiro atoms. The second kappa shape index (κ2) is 18.9. The molecule has 2 unspecified atom stereocenters. The standard InChI is InChI=1S/C28H51N3O2/c1-3-4-5-6-7-8-9-10-11-12-13-14-15-16-17-18-19-20-21-22-27-30-23-24-31(27,26(2)29)25-28(32)33/h16-17,23-24,26H,3-15,18-22,25,29H2,1-2H3/b17-16+. The van der Waals surface area contributed by atoms with Crippen LogP contribution in [0.3, 0.4) is 0 Å². The topological polar surface area (TPSA) is 78.5 Å². The van der Waals surface area contributed by atoms with E-state index < -0.39 is 5.97 Å². The molecule has 1 rings (SSSR count). The Labute approximate surface area is 203 Å². The minimum Gasteiger partial charge on any atom is -0.544 e. The maximum absolute atomic E-state index is 11.2. The summed E-state index contributed by atoms with van der Waals surface area (Å²) in [6.45, 7) is 3.96. The molecule has 0 saturated carbocycles. The highest BCUT2D eigenvalue weighted by Crippen LogP contribution is 2.23. The number of rotatable bonds is 22. The van der Waals surface area contributed by atoms with E-state index in [1.807, 2.05) is 6.92 Å². The van der Waals surface area contributed by atoms with Gasteiger partial charge in [-0.1, -0.05) is 96.1 Å². The van der Waals surface area contributed by atoms with Gasteiger partial charge in [0.1, 0.15) is 18.9 Å². The molecule has 0 fully saturated rings. The molecule has 33 heavy (non-hydrogen) atoms. The number of nitrogens with two attached hydrogens (primary N) is 1. The van der Waals surface area contributed by atoms with Crippen LogP contribution in [-0.2, 0) is 4.79 Å². The van der Waals surface area contributed by atoms with Crippen LogP contribution in [-0.4, -0.2) is 29.0 Å². The van der Waals surface area contributed by atoms with Crippen LogP contribution in [0, 0.1) is 0 Å². The minimum atomic E-state index is -1.09. The van der Waals surface area contributed by atoms with Gasteiger partial charge in [-0.05, 0) is 32.1 Å². The van der Waals surface area contributed by atoms with Crippen LogP contribution in [0.5, 0.6) is 0 Å². The average Bonchev–Trinajstić information content (AvgIpc) is 3.18. The Morgan fingerprint density at radius 3 is 1.88 bits per heavy atom. The molecule has 0 saturated heterocycles. The number of carbonyl (C=O) groups excluding carboxylic acids is 1. The van der Waals surface area contributed by atoms with Gasteiger partial charge in [0, 0.05) is 13.3 Å². The number of hydrogen-bond donors (Lipinski definition) is 1. The number of amidine groups is 1. The van der Waals surface area contributed by atoms with E-state index in [9.17, 15) is 9.90 Å². The van der Waals surface area contributed by atoms with Gasteiger partial charge in [-0.15, -0.1) is 0 Å². The number of nitrogens with zero attached hydrogens (tertiary/aromatic N) is 2. The van der Waals surface area contributed by atoms with Crippen molar-refractivity contribution < 1.29 is 14.4 Å². The molecule has 0 amide bonds. The van der Waals surface area contributed by atoms with Gasteiger partial charge >= 0.3 is 0 Å². The van der Waals surface area contributed by atoms with Crippen molar-refractivity contribution in [2.45, 2.75) is 136 Å². The summed E-state index contributed by atoms with van der Waals surface area (Å²) in [5.74, 6) is -0.249. The van der Waals surface area contributed by atoms with Gasteiger partial charge in [0.25, 0.3) is 0 Å². The molecule has 0 aromatic carbocycles. The number of aliphatic carboxylic acids is 1. The number of quaternary nitrogens is 1. The number of carbonyl (C=O) groups is 1. The van der Waals surface area contributed by atoms with Gasteiger partial charge in [0.15, 0.2) is 0 Å². The third-order valence-electron chi connectivity index (χ3n) is 6.82. The van der Waals surface area contributed by atoms with E-state index in [-0.39, 0.29) is 17.2 Å². The van der Waals surface area contributed by atoms with Crippen molar-refractivity contribution in [2.75, 3.05) is 6.54 Å². The Bertz CT molecular complexity index is 598. The van der Waals surface area contributed by atoms with Crippen molar-refractivity contribution in [1.82, 2.24) is 0 Å². The van der Waals surface area contributed by atoms with Crippen molar-refractivity contribution in [1.29, 1.82) is 0 Å². The highest BCUT2D eigenvalue weighted by Gasteiger charge is 2.38. The number of carboxylic acids is 1. The zero-order valence-corrected chi connectivity index (χ0v) is 21.6. The molecule has 0 bridgehead atoms. The molecule has 2 N–H and O–H groups in total. The molecule has 5 nitrogen and oxygen atoms in total. The first-order chi connectivity index (χ1) is 16.0. The largest absolute Gasteiger partial charge is 0.544 e. The minimum absolute atomic E-state index is 0.0985. The number of carboxylic acid groups (broad SMARTS) is 1. The van der Waals surface area contributed by atoms with Crippen LogP contribution >= 0.6 is 0 Å². The van der Waals surface area contributed by atoms with E-state index in [4.69, 9.17) is 5.73 Å². The van der Waals surface area contributed by atoms with Crippen LogP contribution in [0.15, 0.2) is 29.5 Å². The second-order valence-electron chi connectivity index (χ2n) is 9.79. The molecule has 2 atom stereocenters. The van der Waals surface area contributed by atoms with Crippen LogP contribution < -0.4 is 10.8 Å². The molecule has 0 aromatic heterocycles. The molecule has 0 aromatic rings. The van der Waals surface area contributed by atoms with Gasteiger partial charge < -0.3 is 9.90 Å². The molecule has 5 heteroatoms. The first kappa shape index (κ1) is 29.6. The third kappa shape index (κ3) is 13.1. The fraction of sp³-hybridized carbons (Fsp3) is 0.786. The van der Waals surface area contributed by atoms with Gasteiger partial charge in [-0.3, -0.25) is 5.73 Å². The summed E-state index contributed by atoms with van der Waals surface area (Å²) in [6.07, 6.45) is 31.0. The highest BCUT2D eigenvalue weighted by molar-refractivity contribution is 5.81. The molecule has 1 heterocycles. The Balaban J connectivity index is 1.95. The monoisotopic (exact) mass is 461 g/mol. The summed E-state index contributed by atoms with van der Waals surface area (Å²) in [5, 5.41) is 11.2. The Morgan fingerprint density at radius 2 is 1.39 bits per heavy atom. The summed E-state index contributed by atoms with van der Waals surface area (Å²) in [5.41, 5.74) is 6.09. The maximum atomic E-state index is 11.2. The van der Waals surface area contributed by atoms with Crippen molar-refractivity contribution in [3.05, 3.63) is 24.6 Å². The van der Waals surface area contributed by atoms with Gasteiger partial charge in [-0.25, -0.2) is 9.48 Å². The van der Waals surface area contributed by atoms with Crippen molar-refractivity contribution in [3.8, 4) is 0 Å². The van der Waals surface area contributed by atoms with Crippen molar-refractivity contribution in [3.63, 3.8) is 0 Å². The fourth-order valence-corrected chi connectivity index (χ4v) is 4.64. The second-order valence-corrected chi connectivity index (χ2v) is 9.79. The summed E-state index contributed by atoms with van der Waals surface area (Å²) in [4.78, 5) is 15.6. The zero-order valence-electron chi connectivity index (χ0n) is 21.6. The number of allylic oxidation sites excluding steroid dienone is 2. The Hall–Kier alpha value is -1.46. The molecule has 190 valence electrons. The first-order valence-electron chi connectivity index (χ1n) is 13.8. The summed E-state index contributed by atoms with van der Waals surface area (Å²) in [7, 11) is 0. The maximum Gasteiger partial charge on any atom is 0.209 e. The molecule has 1 aliphatic heterocycles. The van der Waals surface area contributed by atoms with E-state index in [1.165, 1.54) is 83.5 Å². The van der Waals surface area contributed by atoms with Crippen LogP contribution in [0.25, 0.3) is 0 Å². The average molecular weight is 462 g/mol. The Morgan fingerprint density at radius 1 is 0.909 bits per heavy atom. The first-order valence-corrected chi connectivity index (χ1v) is 13.8. The highest BCUT2D eigenvalue weighted by atomic mass is 16.4. The van der Waals surface area contributed by atoms with Crippen LogP contribution in [0.4, 0.5) is 0 Å². The quantitative estimate of drug-likeness (QED) is 0.116. The van der Waals surface area contributed by atoms with E-state index >= 15 is 0 Å². The molecule has 1 aliphatic rings. The smallest absolute Gasteiger partial charge is 0.209 e. The van der Waals surface area contributed by atoms with Crippen molar-refractivity contribution in [2.24, 2.45) is 10.7 Å². The predicted molar refractivity (Wildman–Crippen MR) is 138 cm³/mol. The van der Waals surface area contributed by atoms with E-state index in [2.05, 4.69) is 24.1 Å². The van der Waals surface area contributed by atoms with Gasteiger partial charge in [0.05, 0.1) is 12.2 Å². The predicted octanol–water partition coefficient (Wildman–Crippen LogP) is 6.34.